The SMILES string of the molecule is CN(C)C(=O)c1ccc(-c2cnc(NC(=O)O)s2)cc1. The summed E-state index contributed by atoms with van der Waals surface area (Å²) in [7, 11) is 3.40. The minimum Gasteiger partial charge on any atom is -0.465 e. The lowest BCUT2D eigenvalue weighted by atomic mass is 10.1. The fourth-order valence-electron chi connectivity index (χ4n) is 1.59. The Bertz CT molecular complexity index is 635. The Kier molecular flexibility index (Phi) is 3.99. The summed E-state index contributed by atoms with van der Waals surface area (Å²) in [5, 5.41) is 11.1. The molecular formula is C13H13N3O3S. The number of hydrogen-bond acceptors (Lipinski definition) is 4. The first-order chi connectivity index (χ1) is 9.47. The largest absolute Gasteiger partial charge is 0.465 e. The van der Waals surface area contributed by atoms with Crippen molar-refractivity contribution in [2.24, 2.45) is 0 Å². The lowest BCUT2D eigenvalue weighted by Gasteiger charge is -2.10. The van der Waals surface area contributed by atoms with Gasteiger partial charge in [-0.3, -0.25) is 10.1 Å². The zero-order valence-corrected chi connectivity index (χ0v) is 11.8. The lowest BCUT2D eigenvalue weighted by Crippen LogP contribution is -2.21. The maximum absolute atomic E-state index is 11.8. The Balaban J connectivity index is 2.19. The first-order valence-electron chi connectivity index (χ1n) is 5.75. The minimum atomic E-state index is -1.14. The molecule has 20 heavy (non-hydrogen) atoms. The summed E-state index contributed by atoms with van der Waals surface area (Å²) in [6.07, 6.45) is 0.455. The van der Waals surface area contributed by atoms with Crippen molar-refractivity contribution < 1.29 is 14.7 Å². The highest BCUT2D eigenvalue weighted by Gasteiger charge is 2.10. The molecule has 6 nitrogen and oxygen atoms in total. The first kappa shape index (κ1) is 14.0. The van der Waals surface area contributed by atoms with Gasteiger partial charge in [-0.25, -0.2) is 9.78 Å². The van der Waals surface area contributed by atoms with Gasteiger partial charge >= 0.3 is 6.09 Å². The average molecular weight is 291 g/mol. The highest BCUT2D eigenvalue weighted by atomic mass is 32.1. The van der Waals surface area contributed by atoms with Gasteiger partial charge in [-0.1, -0.05) is 23.5 Å². The normalized spacial score (nSPS) is 10.1. The number of carbonyl (C=O) groups is 2. The second-order valence-corrected chi connectivity index (χ2v) is 5.27. The van der Waals surface area contributed by atoms with E-state index in [1.807, 2.05) is 12.1 Å². The van der Waals surface area contributed by atoms with E-state index < -0.39 is 6.09 Å². The van der Waals surface area contributed by atoms with E-state index >= 15 is 0 Å². The van der Waals surface area contributed by atoms with E-state index in [0.29, 0.717) is 10.7 Å². The lowest BCUT2D eigenvalue weighted by molar-refractivity contribution is 0.0827. The summed E-state index contributed by atoms with van der Waals surface area (Å²) < 4.78 is 0. The molecule has 2 amide bonds. The van der Waals surface area contributed by atoms with Crippen LogP contribution in [0.5, 0.6) is 0 Å². The molecule has 0 saturated carbocycles. The van der Waals surface area contributed by atoms with Gasteiger partial charge in [-0.05, 0) is 17.7 Å². The number of aromatic nitrogens is 1. The number of carboxylic acid groups (broad SMARTS) is 1. The topological polar surface area (TPSA) is 82.5 Å². The van der Waals surface area contributed by atoms with Crippen molar-refractivity contribution in [1.29, 1.82) is 0 Å². The van der Waals surface area contributed by atoms with Crippen LogP contribution in [0.25, 0.3) is 10.4 Å². The molecule has 2 rings (SSSR count). The number of hydrogen-bond donors (Lipinski definition) is 2. The molecule has 1 heterocycles. The zero-order chi connectivity index (χ0) is 14.7. The van der Waals surface area contributed by atoms with Gasteiger partial charge in [0, 0.05) is 25.9 Å². The molecular weight excluding hydrogens is 278 g/mol. The first-order valence-corrected chi connectivity index (χ1v) is 6.57. The molecule has 2 N–H and O–H groups in total. The van der Waals surface area contributed by atoms with E-state index in [2.05, 4.69) is 10.3 Å². The maximum atomic E-state index is 11.8. The number of thiazole rings is 1. The second-order valence-electron chi connectivity index (χ2n) is 4.24. The molecule has 7 heteroatoms. The molecule has 0 saturated heterocycles. The molecule has 0 unspecified atom stereocenters. The summed E-state index contributed by atoms with van der Waals surface area (Å²) in [5.74, 6) is -0.0610. The van der Waals surface area contributed by atoms with Crippen LogP contribution in [0.4, 0.5) is 9.93 Å². The van der Waals surface area contributed by atoms with Crippen molar-refractivity contribution in [3.05, 3.63) is 36.0 Å². The van der Waals surface area contributed by atoms with E-state index in [0.717, 1.165) is 10.4 Å². The summed E-state index contributed by atoms with van der Waals surface area (Å²) in [6.45, 7) is 0. The van der Waals surface area contributed by atoms with E-state index in [-0.39, 0.29) is 5.91 Å². The third kappa shape index (κ3) is 3.12. The Hall–Kier alpha value is -2.41. The van der Waals surface area contributed by atoms with Gasteiger partial charge < -0.3 is 10.0 Å². The van der Waals surface area contributed by atoms with Crippen LogP contribution in [0.1, 0.15) is 10.4 Å². The number of carbonyl (C=O) groups excluding carboxylic acids is 1. The van der Waals surface area contributed by atoms with Crippen molar-refractivity contribution in [3.63, 3.8) is 0 Å². The smallest absolute Gasteiger partial charge is 0.410 e. The van der Waals surface area contributed by atoms with Crippen molar-refractivity contribution in [2.45, 2.75) is 0 Å². The molecule has 0 fully saturated rings. The average Bonchev–Trinajstić information content (AvgIpc) is 2.85. The number of anilines is 1. The molecule has 2 aromatic rings. The standard InChI is InChI=1S/C13H13N3O3S/c1-16(2)11(17)9-5-3-8(4-6-9)10-7-14-12(20-10)15-13(18)19/h3-7H,1-2H3,(H,14,15)(H,18,19). The van der Waals surface area contributed by atoms with E-state index in [9.17, 15) is 9.59 Å². The molecule has 1 aromatic heterocycles. The third-order valence-corrected chi connectivity index (χ3v) is 3.50. The molecule has 0 aliphatic rings. The monoisotopic (exact) mass is 291 g/mol. The van der Waals surface area contributed by atoms with Crippen LogP contribution in [0.15, 0.2) is 30.5 Å². The highest BCUT2D eigenvalue weighted by molar-refractivity contribution is 7.19. The molecule has 104 valence electrons. The van der Waals surface area contributed by atoms with Crippen molar-refractivity contribution in [2.75, 3.05) is 19.4 Å². The predicted octanol–water partition coefficient (Wildman–Crippen LogP) is 2.60. The summed E-state index contributed by atoms with van der Waals surface area (Å²) in [5.41, 5.74) is 1.49. The second kappa shape index (κ2) is 5.70. The summed E-state index contributed by atoms with van der Waals surface area (Å²) >= 11 is 1.24. The number of nitrogens with zero attached hydrogens (tertiary/aromatic N) is 2. The van der Waals surface area contributed by atoms with E-state index in [4.69, 9.17) is 5.11 Å². The van der Waals surface area contributed by atoms with Gasteiger partial charge in [0.15, 0.2) is 5.13 Å². The Morgan fingerprint density at radius 1 is 1.25 bits per heavy atom. The summed E-state index contributed by atoms with van der Waals surface area (Å²) in [4.78, 5) is 28.6. The van der Waals surface area contributed by atoms with Crippen LogP contribution in [0, 0.1) is 0 Å². The fraction of sp³-hybridized carbons (Fsp3) is 0.154. The van der Waals surface area contributed by atoms with Crippen molar-refractivity contribution in [1.82, 2.24) is 9.88 Å². The summed E-state index contributed by atoms with van der Waals surface area (Å²) in [6, 6.07) is 7.10. The molecule has 0 aliphatic heterocycles. The fourth-order valence-corrected chi connectivity index (χ4v) is 2.40. The number of rotatable bonds is 3. The van der Waals surface area contributed by atoms with E-state index in [1.165, 1.54) is 16.2 Å². The van der Waals surface area contributed by atoms with Crippen LogP contribution < -0.4 is 5.32 Å². The van der Waals surface area contributed by atoms with Gasteiger partial charge in [0.05, 0.1) is 4.88 Å². The van der Waals surface area contributed by atoms with Crippen LogP contribution >= 0.6 is 11.3 Å². The predicted molar refractivity (Wildman–Crippen MR) is 77.2 cm³/mol. The molecule has 0 radical (unpaired) electrons. The molecule has 0 atom stereocenters. The quantitative estimate of drug-likeness (QED) is 0.910. The van der Waals surface area contributed by atoms with Crippen molar-refractivity contribution in [3.8, 4) is 10.4 Å². The molecule has 0 spiro atoms. The Morgan fingerprint density at radius 3 is 2.45 bits per heavy atom. The zero-order valence-electron chi connectivity index (χ0n) is 11.0. The number of nitrogens with one attached hydrogen (secondary N) is 1. The maximum Gasteiger partial charge on any atom is 0.410 e. The van der Waals surface area contributed by atoms with Gasteiger partial charge in [0.25, 0.3) is 5.91 Å². The van der Waals surface area contributed by atoms with Gasteiger partial charge in [-0.2, -0.15) is 0 Å². The molecule has 0 aliphatic carbocycles. The van der Waals surface area contributed by atoms with Crippen LogP contribution in [0.3, 0.4) is 0 Å². The van der Waals surface area contributed by atoms with Crippen LogP contribution in [-0.2, 0) is 0 Å². The van der Waals surface area contributed by atoms with E-state index in [1.54, 1.807) is 32.4 Å². The van der Waals surface area contributed by atoms with Crippen molar-refractivity contribution >= 4 is 28.5 Å². The van der Waals surface area contributed by atoms with Gasteiger partial charge in [-0.15, -0.1) is 0 Å². The number of amides is 2. The van der Waals surface area contributed by atoms with Gasteiger partial charge in [0.1, 0.15) is 0 Å². The van der Waals surface area contributed by atoms with Gasteiger partial charge in [0.2, 0.25) is 0 Å². The third-order valence-electron chi connectivity index (χ3n) is 2.54. The highest BCUT2D eigenvalue weighted by Crippen LogP contribution is 2.29. The minimum absolute atomic E-state index is 0.0610. The van der Waals surface area contributed by atoms with Crippen LogP contribution in [-0.4, -0.2) is 41.1 Å². The Morgan fingerprint density at radius 2 is 1.90 bits per heavy atom. The van der Waals surface area contributed by atoms with Crippen LogP contribution in [0.2, 0.25) is 0 Å². The molecule has 1 aromatic carbocycles. The number of benzene rings is 1. The molecule has 0 bridgehead atoms. The Labute approximate surface area is 119 Å².